The van der Waals surface area contributed by atoms with Crippen molar-refractivity contribution in [3.05, 3.63) is 47.0 Å². The molecule has 0 atom stereocenters. The van der Waals surface area contributed by atoms with Gasteiger partial charge in [-0.05, 0) is 55.2 Å². The van der Waals surface area contributed by atoms with Crippen molar-refractivity contribution >= 4 is 21.8 Å². The lowest BCUT2D eigenvalue weighted by Gasteiger charge is -2.02. The molecule has 0 unspecified atom stereocenters. The van der Waals surface area contributed by atoms with E-state index in [2.05, 4.69) is 56.1 Å². The maximum atomic E-state index is 3.51. The summed E-state index contributed by atoms with van der Waals surface area (Å²) >= 11 is 0. The van der Waals surface area contributed by atoms with E-state index in [4.69, 9.17) is 0 Å². The van der Waals surface area contributed by atoms with Gasteiger partial charge in [-0.2, -0.15) is 0 Å². The highest BCUT2D eigenvalue weighted by molar-refractivity contribution is 6.07. The van der Waals surface area contributed by atoms with Crippen LogP contribution in [0, 0.1) is 13.8 Å². The Labute approximate surface area is 101 Å². The molecule has 0 bridgehead atoms. The summed E-state index contributed by atoms with van der Waals surface area (Å²) in [4.78, 5) is 3.51. The van der Waals surface area contributed by atoms with Crippen molar-refractivity contribution in [3.63, 3.8) is 0 Å². The first-order valence-corrected chi connectivity index (χ1v) is 6.20. The predicted octanol–water partition coefficient (Wildman–Crippen LogP) is 4.50. The van der Waals surface area contributed by atoms with E-state index in [1.807, 2.05) is 0 Å². The van der Waals surface area contributed by atoms with E-state index in [1.54, 1.807) is 0 Å². The molecule has 86 valence electrons. The number of hydrogen-bond donors (Lipinski definition) is 1. The number of aromatic nitrogens is 1. The number of rotatable bonds is 1. The maximum Gasteiger partial charge on any atom is 0.0467 e. The fourth-order valence-electron chi connectivity index (χ4n) is 2.60. The number of hydrogen-bond acceptors (Lipinski definition) is 0. The fraction of sp³-hybridized carbons (Fsp3) is 0.250. The molecule has 0 aliphatic carbocycles. The zero-order valence-corrected chi connectivity index (χ0v) is 10.6. The Bertz CT molecular complexity index is 704. The molecule has 0 saturated heterocycles. The minimum absolute atomic E-state index is 1.10. The highest BCUT2D eigenvalue weighted by Crippen LogP contribution is 2.28. The van der Waals surface area contributed by atoms with Gasteiger partial charge in [0.1, 0.15) is 0 Å². The molecule has 1 heteroatoms. The molecule has 2 aromatic carbocycles. The SMILES string of the molecule is CCc1cc2c(cc1C)[nH]c1cc(C)ccc12. The van der Waals surface area contributed by atoms with Crippen LogP contribution < -0.4 is 0 Å². The lowest BCUT2D eigenvalue weighted by Crippen LogP contribution is -1.85. The van der Waals surface area contributed by atoms with Crippen molar-refractivity contribution < 1.29 is 0 Å². The van der Waals surface area contributed by atoms with Crippen molar-refractivity contribution in [2.45, 2.75) is 27.2 Å². The summed E-state index contributed by atoms with van der Waals surface area (Å²) in [5, 5.41) is 2.68. The van der Waals surface area contributed by atoms with Gasteiger partial charge in [0.05, 0.1) is 0 Å². The zero-order valence-electron chi connectivity index (χ0n) is 10.6. The molecule has 3 rings (SSSR count). The van der Waals surface area contributed by atoms with E-state index in [0.29, 0.717) is 0 Å². The molecular weight excluding hydrogens is 206 g/mol. The first-order chi connectivity index (χ1) is 8.19. The van der Waals surface area contributed by atoms with Gasteiger partial charge in [0.25, 0.3) is 0 Å². The van der Waals surface area contributed by atoms with Crippen LogP contribution >= 0.6 is 0 Å². The highest BCUT2D eigenvalue weighted by atomic mass is 14.7. The molecule has 1 N–H and O–H groups in total. The Morgan fingerprint density at radius 3 is 2.47 bits per heavy atom. The molecular formula is C16H17N. The summed E-state index contributed by atoms with van der Waals surface area (Å²) in [5.41, 5.74) is 6.62. The normalized spacial score (nSPS) is 11.5. The van der Waals surface area contributed by atoms with Gasteiger partial charge in [0.15, 0.2) is 0 Å². The Morgan fingerprint density at radius 2 is 1.71 bits per heavy atom. The zero-order chi connectivity index (χ0) is 12.0. The van der Waals surface area contributed by atoms with Crippen LogP contribution in [-0.4, -0.2) is 4.98 Å². The maximum absolute atomic E-state index is 3.51. The lowest BCUT2D eigenvalue weighted by atomic mass is 10.0. The summed E-state index contributed by atoms with van der Waals surface area (Å²) in [5.74, 6) is 0. The van der Waals surface area contributed by atoms with Gasteiger partial charge in [0.2, 0.25) is 0 Å². The van der Waals surface area contributed by atoms with Crippen LogP contribution in [0.15, 0.2) is 30.3 Å². The van der Waals surface area contributed by atoms with Crippen LogP contribution in [0.5, 0.6) is 0 Å². The average molecular weight is 223 g/mol. The van der Waals surface area contributed by atoms with Gasteiger partial charge in [-0.15, -0.1) is 0 Å². The summed E-state index contributed by atoms with van der Waals surface area (Å²) < 4.78 is 0. The fourth-order valence-corrected chi connectivity index (χ4v) is 2.60. The van der Waals surface area contributed by atoms with E-state index in [1.165, 1.54) is 38.5 Å². The molecule has 0 radical (unpaired) electrons. The van der Waals surface area contributed by atoms with Gasteiger partial charge in [-0.25, -0.2) is 0 Å². The highest BCUT2D eigenvalue weighted by Gasteiger charge is 2.06. The molecule has 0 saturated carbocycles. The second-order valence-corrected chi connectivity index (χ2v) is 4.85. The van der Waals surface area contributed by atoms with E-state index >= 15 is 0 Å². The van der Waals surface area contributed by atoms with E-state index in [9.17, 15) is 0 Å². The van der Waals surface area contributed by atoms with Crippen LogP contribution in [0.4, 0.5) is 0 Å². The first kappa shape index (κ1) is 10.4. The minimum Gasteiger partial charge on any atom is -0.354 e. The Balaban J connectivity index is 2.44. The van der Waals surface area contributed by atoms with Crippen molar-refractivity contribution in [1.29, 1.82) is 0 Å². The van der Waals surface area contributed by atoms with Gasteiger partial charge in [0, 0.05) is 21.8 Å². The standard InChI is InChI=1S/C16H17N/c1-4-12-9-14-13-6-5-10(2)7-15(13)17-16(14)8-11(12)3/h5-9,17H,4H2,1-3H3. The largest absolute Gasteiger partial charge is 0.354 e. The van der Waals surface area contributed by atoms with Gasteiger partial charge in [-0.3, -0.25) is 0 Å². The van der Waals surface area contributed by atoms with E-state index in [0.717, 1.165) is 6.42 Å². The lowest BCUT2D eigenvalue weighted by molar-refractivity contribution is 1.12. The smallest absolute Gasteiger partial charge is 0.0467 e. The number of aryl methyl sites for hydroxylation is 3. The molecule has 0 spiro atoms. The molecule has 17 heavy (non-hydrogen) atoms. The van der Waals surface area contributed by atoms with Crippen molar-refractivity contribution in [1.82, 2.24) is 4.98 Å². The van der Waals surface area contributed by atoms with Crippen molar-refractivity contribution in [2.24, 2.45) is 0 Å². The Kier molecular flexibility index (Phi) is 2.22. The van der Waals surface area contributed by atoms with Gasteiger partial charge in [-0.1, -0.05) is 19.1 Å². The second kappa shape index (κ2) is 3.63. The summed E-state index contributed by atoms with van der Waals surface area (Å²) in [6.45, 7) is 6.54. The monoisotopic (exact) mass is 223 g/mol. The molecule has 0 aliphatic heterocycles. The Hall–Kier alpha value is -1.76. The second-order valence-electron chi connectivity index (χ2n) is 4.85. The number of fused-ring (bicyclic) bond motifs is 3. The molecule has 1 nitrogen and oxygen atoms in total. The minimum atomic E-state index is 1.10. The number of nitrogens with one attached hydrogen (secondary N) is 1. The van der Waals surface area contributed by atoms with Crippen LogP contribution in [0.1, 0.15) is 23.6 Å². The van der Waals surface area contributed by atoms with Crippen molar-refractivity contribution in [3.8, 4) is 0 Å². The third-order valence-corrected chi connectivity index (χ3v) is 3.59. The number of H-pyrrole nitrogens is 1. The van der Waals surface area contributed by atoms with Crippen LogP contribution in [0.25, 0.3) is 21.8 Å². The van der Waals surface area contributed by atoms with Crippen LogP contribution in [-0.2, 0) is 6.42 Å². The number of benzene rings is 2. The molecule has 0 aliphatic rings. The Morgan fingerprint density at radius 1 is 0.941 bits per heavy atom. The predicted molar refractivity (Wildman–Crippen MR) is 74.7 cm³/mol. The first-order valence-electron chi connectivity index (χ1n) is 6.20. The van der Waals surface area contributed by atoms with Crippen LogP contribution in [0.2, 0.25) is 0 Å². The molecule has 3 aromatic rings. The van der Waals surface area contributed by atoms with Crippen LogP contribution in [0.3, 0.4) is 0 Å². The third-order valence-electron chi connectivity index (χ3n) is 3.59. The molecule has 1 aromatic heterocycles. The summed E-state index contributed by atoms with van der Waals surface area (Å²) in [6.07, 6.45) is 1.10. The molecule has 0 amide bonds. The summed E-state index contributed by atoms with van der Waals surface area (Å²) in [7, 11) is 0. The van der Waals surface area contributed by atoms with E-state index < -0.39 is 0 Å². The average Bonchev–Trinajstić information content (AvgIpc) is 2.63. The van der Waals surface area contributed by atoms with Gasteiger partial charge >= 0.3 is 0 Å². The molecule has 1 heterocycles. The van der Waals surface area contributed by atoms with E-state index in [-0.39, 0.29) is 0 Å². The quantitative estimate of drug-likeness (QED) is 0.625. The number of aromatic amines is 1. The topological polar surface area (TPSA) is 15.8 Å². The third kappa shape index (κ3) is 1.54. The summed E-state index contributed by atoms with van der Waals surface area (Å²) in [6, 6.07) is 11.2. The van der Waals surface area contributed by atoms with Gasteiger partial charge < -0.3 is 4.98 Å². The molecule has 0 fully saturated rings. The van der Waals surface area contributed by atoms with Crippen molar-refractivity contribution in [2.75, 3.05) is 0 Å².